The summed E-state index contributed by atoms with van der Waals surface area (Å²) >= 11 is -2.23. The van der Waals surface area contributed by atoms with E-state index in [9.17, 15) is 0 Å². The second-order valence-corrected chi connectivity index (χ2v) is 18.5. The molecule has 0 unspecified atom stereocenters. The van der Waals surface area contributed by atoms with Crippen molar-refractivity contribution in [2.24, 2.45) is 0 Å². The summed E-state index contributed by atoms with van der Waals surface area (Å²) in [6, 6.07) is 0. The van der Waals surface area contributed by atoms with Gasteiger partial charge in [-0.15, -0.1) is 0 Å². The van der Waals surface area contributed by atoms with Gasteiger partial charge in [-0.3, -0.25) is 0 Å². The zero-order valence-corrected chi connectivity index (χ0v) is 16.1. The van der Waals surface area contributed by atoms with Crippen LogP contribution in [0.4, 0.5) is 0 Å². The molecule has 0 atom stereocenters. The van der Waals surface area contributed by atoms with Gasteiger partial charge in [0.2, 0.25) is 0 Å². The van der Waals surface area contributed by atoms with Gasteiger partial charge in [-0.25, -0.2) is 0 Å². The third-order valence-electron chi connectivity index (χ3n) is 4.46. The van der Waals surface area contributed by atoms with Gasteiger partial charge < -0.3 is 0 Å². The third kappa shape index (κ3) is 11.9. The predicted octanol–water partition coefficient (Wildman–Crippen LogP) is 2.90. The molecule has 0 amide bonds. The molecule has 0 bridgehead atoms. The molecule has 4 nitrogen and oxygen atoms in total. The van der Waals surface area contributed by atoms with Crippen LogP contribution in [0.15, 0.2) is 0 Å². The van der Waals surface area contributed by atoms with E-state index in [-0.39, 0.29) is 26.4 Å². The van der Waals surface area contributed by atoms with Crippen LogP contribution in [0.5, 0.6) is 0 Å². The normalized spacial score (nSPS) is 12.0. The Bertz CT molecular complexity index is 169. The first-order chi connectivity index (χ1) is 10.2. The van der Waals surface area contributed by atoms with Gasteiger partial charge in [0.05, 0.1) is 0 Å². The first-order valence-corrected chi connectivity index (χ1v) is 15.6. The molecule has 0 radical (unpaired) electrons. The van der Waals surface area contributed by atoms with Gasteiger partial charge in [0.15, 0.2) is 0 Å². The molecule has 5 heteroatoms. The minimum absolute atomic E-state index is 0.284. The van der Waals surface area contributed by atoms with Crippen molar-refractivity contribution >= 4 is 0 Å². The number of hydrogen-bond donors (Lipinski definition) is 4. The molecule has 0 fully saturated rings. The topological polar surface area (TPSA) is 80.9 Å². The summed E-state index contributed by atoms with van der Waals surface area (Å²) in [6.45, 7) is 1.13. The van der Waals surface area contributed by atoms with Crippen molar-refractivity contribution in [2.75, 3.05) is 26.4 Å². The Morgan fingerprint density at radius 2 is 0.619 bits per heavy atom. The molecule has 0 aliphatic heterocycles. The standard InChI is InChI=1S/4C4H9O.Zr/c4*1-2-3-4-5;/h4*5H,1-4H2;. The zero-order valence-electron chi connectivity index (χ0n) is 13.6. The van der Waals surface area contributed by atoms with Crippen molar-refractivity contribution in [1.82, 2.24) is 0 Å². The summed E-state index contributed by atoms with van der Waals surface area (Å²) in [5.41, 5.74) is 0. The average Bonchev–Trinajstić information content (AvgIpc) is 2.48. The van der Waals surface area contributed by atoms with E-state index in [4.69, 9.17) is 20.4 Å². The van der Waals surface area contributed by atoms with E-state index in [2.05, 4.69) is 0 Å². The Morgan fingerprint density at radius 3 is 0.810 bits per heavy atom. The van der Waals surface area contributed by atoms with Crippen LogP contribution in [-0.4, -0.2) is 46.9 Å². The van der Waals surface area contributed by atoms with Gasteiger partial charge in [-0.2, -0.15) is 0 Å². The van der Waals surface area contributed by atoms with Crippen molar-refractivity contribution in [3.05, 3.63) is 0 Å². The van der Waals surface area contributed by atoms with Crippen LogP contribution in [0.2, 0.25) is 16.5 Å². The maximum absolute atomic E-state index is 9.03. The van der Waals surface area contributed by atoms with Gasteiger partial charge in [-0.1, -0.05) is 0 Å². The zero-order chi connectivity index (χ0) is 15.8. The summed E-state index contributed by atoms with van der Waals surface area (Å²) in [5, 5.41) is 36.1. The Balaban J connectivity index is 4.52. The number of unbranched alkanes of at least 4 members (excludes halogenated alkanes) is 4. The SMILES string of the molecule is OCCC[CH2][Zr]([CH2]CCCO)([CH2]CCCO)[CH2]CCCO. The van der Waals surface area contributed by atoms with Crippen LogP contribution >= 0.6 is 0 Å². The fourth-order valence-corrected chi connectivity index (χ4v) is 16.7. The molecule has 0 aromatic rings. The summed E-state index contributed by atoms with van der Waals surface area (Å²) in [5.74, 6) is 0. The third-order valence-corrected chi connectivity index (χ3v) is 18.4. The van der Waals surface area contributed by atoms with Crippen molar-refractivity contribution in [1.29, 1.82) is 0 Å². The first-order valence-electron chi connectivity index (χ1n) is 8.68. The summed E-state index contributed by atoms with van der Waals surface area (Å²) in [4.78, 5) is 0. The fourth-order valence-electron chi connectivity index (χ4n) is 3.20. The van der Waals surface area contributed by atoms with Crippen molar-refractivity contribution in [3.8, 4) is 0 Å². The number of rotatable bonds is 16. The Kier molecular flexibility index (Phi) is 16.2. The van der Waals surface area contributed by atoms with Gasteiger partial charge in [0.25, 0.3) is 0 Å². The van der Waals surface area contributed by atoms with E-state index in [0.29, 0.717) is 0 Å². The number of hydrogen-bond acceptors (Lipinski definition) is 4. The van der Waals surface area contributed by atoms with Crippen LogP contribution in [0.25, 0.3) is 0 Å². The molecule has 0 aromatic carbocycles. The first kappa shape index (κ1) is 21.7. The molecule has 128 valence electrons. The number of aliphatic hydroxyl groups is 4. The van der Waals surface area contributed by atoms with E-state index < -0.39 is 20.3 Å². The second kappa shape index (κ2) is 15.6. The van der Waals surface area contributed by atoms with Crippen LogP contribution in [0.1, 0.15) is 51.4 Å². The molecule has 0 saturated carbocycles. The molecule has 0 spiro atoms. The molecule has 0 heterocycles. The quantitative estimate of drug-likeness (QED) is 0.309. The van der Waals surface area contributed by atoms with Crippen LogP contribution in [0, 0.1) is 0 Å². The van der Waals surface area contributed by atoms with E-state index in [1.807, 2.05) is 0 Å². The summed E-state index contributed by atoms with van der Waals surface area (Å²) in [6.07, 6.45) is 8.12. The minimum atomic E-state index is -2.23. The van der Waals surface area contributed by atoms with Crippen molar-refractivity contribution in [3.63, 3.8) is 0 Å². The molecular weight excluding hydrogens is 347 g/mol. The van der Waals surface area contributed by atoms with Gasteiger partial charge in [-0.05, 0) is 0 Å². The molecular formula is C16H36O4Zr. The maximum atomic E-state index is 9.03. The predicted molar refractivity (Wildman–Crippen MR) is 84.5 cm³/mol. The Hall–Kier alpha value is 0.723. The van der Waals surface area contributed by atoms with Gasteiger partial charge >= 0.3 is 135 Å². The Labute approximate surface area is 135 Å². The van der Waals surface area contributed by atoms with E-state index >= 15 is 0 Å². The number of aliphatic hydroxyl groups excluding tert-OH is 4. The van der Waals surface area contributed by atoms with Crippen molar-refractivity contribution in [2.45, 2.75) is 67.9 Å². The van der Waals surface area contributed by atoms with E-state index in [1.54, 1.807) is 0 Å². The van der Waals surface area contributed by atoms with Gasteiger partial charge in [0, 0.05) is 0 Å². The van der Waals surface area contributed by atoms with Crippen LogP contribution in [-0.2, 0) is 20.3 Å². The molecule has 0 aliphatic carbocycles. The Morgan fingerprint density at radius 1 is 0.381 bits per heavy atom. The second-order valence-electron chi connectivity index (χ2n) is 6.22. The summed E-state index contributed by atoms with van der Waals surface area (Å²) < 4.78 is 5.27. The molecule has 0 saturated heterocycles. The fraction of sp³-hybridized carbons (Fsp3) is 1.00. The van der Waals surface area contributed by atoms with Crippen molar-refractivity contribution < 1.29 is 40.7 Å². The molecule has 0 aromatic heterocycles. The molecule has 4 N–H and O–H groups in total. The van der Waals surface area contributed by atoms with E-state index in [0.717, 1.165) is 51.4 Å². The van der Waals surface area contributed by atoms with Crippen LogP contribution < -0.4 is 0 Å². The monoisotopic (exact) mass is 382 g/mol. The van der Waals surface area contributed by atoms with E-state index in [1.165, 1.54) is 16.5 Å². The van der Waals surface area contributed by atoms with Gasteiger partial charge in [0.1, 0.15) is 0 Å². The molecule has 0 rings (SSSR count). The average molecular weight is 384 g/mol. The van der Waals surface area contributed by atoms with Crippen LogP contribution in [0.3, 0.4) is 0 Å². The molecule has 21 heavy (non-hydrogen) atoms. The molecule has 0 aliphatic rings. The summed E-state index contributed by atoms with van der Waals surface area (Å²) in [7, 11) is 0.